The number of hydrogen-bond acceptors (Lipinski definition) is 9. The number of likely N-dealkylation sites (tertiary alicyclic amines) is 1. The molecule has 0 saturated carbocycles. The van der Waals surface area contributed by atoms with Crippen LogP contribution < -0.4 is 11.1 Å². The lowest BCUT2D eigenvalue weighted by molar-refractivity contribution is -0.893. The predicted octanol–water partition coefficient (Wildman–Crippen LogP) is 3.49. The summed E-state index contributed by atoms with van der Waals surface area (Å²) in [4.78, 5) is 60.2. The number of likely N-dealkylation sites (N-methyl/N-ethyl adjacent to an activating group) is 1. The zero-order valence-electron chi connectivity index (χ0n) is 29.4. The Balaban J connectivity index is 0.00000129. The molecule has 0 radical (unpaired) electrons. The number of ether oxygens (including phenoxy) is 1. The highest BCUT2D eigenvalue weighted by Gasteiger charge is 2.43. The first-order valence-electron chi connectivity index (χ1n) is 16.4. The Bertz CT molecular complexity index is 1990. The fraction of sp³-hybridized carbons (Fsp3) is 0.382. The summed E-state index contributed by atoms with van der Waals surface area (Å²) in [7, 11) is 6.87. The zero-order chi connectivity index (χ0) is 38.7. The largest absolute Gasteiger partial charge is 0.471 e. The van der Waals surface area contributed by atoms with Gasteiger partial charge in [-0.25, -0.2) is 14.6 Å². The first-order valence-corrected chi connectivity index (χ1v) is 16.8. The van der Waals surface area contributed by atoms with Crippen LogP contribution in [0.2, 0.25) is 5.02 Å². The van der Waals surface area contributed by atoms with Gasteiger partial charge in [0.15, 0.2) is 23.4 Å². The van der Waals surface area contributed by atoms with Crippen LogP contribution in [0.3, 0.4) is 0 Å². The van der Waals surface area contributed by atoms with Crippen LogP contribution in [0.15, 0.2) is 48.9 Å². The van der Waals surface area contributed by atoms with E-state index in [1.165, 1.54) is 55.3 Å². The van der Waals surface area contributed by atoms with Gasteiger partial charge in [-0.2, -0.15) is 18.3 Å². The van der Waals surface area contributed by atoms with Crippen molar-refractivity contribution in [3.05, 3.63) is 71.0 Å². The van der Waals surface area contributed by atoms with Crippen LogP contribution in [0, 0.1) is 0 Å². The Morgan fingerprint density at radius 1 is 1.06 bits per heavy atom. The van der Waals surface area contributed by atoms with Crippen molar-refractivity contribution in [3.8, 4) is 17.1 Å². The maximum Gasteiger partial charge on any atom is 0.435 e. The average molecular weight is 760 g/mol. The van der Waals surface area contributed by atoms with Crippen molar-refractivity contribution >= 4 is 47.2 Å². The number of pyridine rings is 1. The first-order chi connectivity index (χ1) is 25.0. The Kier molecular flexibility index (Phi) is 11.4. The van der Waals surface area contributed by atoms with Crippen LogP contribution in [0.4, 0.5) is 24.5 Å². The van der Waals surface area contributed by atoms with Crippen molar-refractivity contribution < 1.29 is 41.6 Å². The third-order valence-corrected chi connectivity index (χ3v) is 9.54. The van der Waals surface area contributed by atoms with E-state index in [9.17, 15) is 27.6 Å². The lowest BCUT2D eigenvalue weighted by Gasteiger charge is -2.38. The van der Waals surface area contributed by atoms with Gasteiger partial charge in [-0.1, -0.05) is 11.6 Å². The minimum Gasteiger partial charge on any atom is -0.471 e. The molecular formula is C34H39ClF3N10O5+. The molecule has 1 aromatic carbocycles. The standard InChI is InChI=1S/C32H34ClF3N10O3.C2H4O2/c1-42-24(22-18-45(41-27(22)32(34,35)36)26-9-6-19(37)16-38-26)17-39-28(42)29(47)40-20-7-8-21(23(33)15-20)30(48)43-10-12-44(13-11-43)31(49)25-5-4-14-46(25,2)3;1-4-2-3/h6-9,15-18,25H,4-5,10-14,37H2,1-3H3;2H,1H3/p+1/t25-;/m0./s1. The number of aromatic nitrogens is 5. The highest BCUT2D eigenvalue weighted by Crippen LogP contribution is 2.37. The molecule has 5 heterocycles. The molecule has 2 fully saturated rings. The topological polar surface area (TPSA) is 171 Å². The number of methoxy groups -OCH3 is 1. The summed E-state index contributed by atoms with van der Waals surface area (Å²) in [5.74, 6) is -0.945. The maximum atomic E-state index is 14.0. The summed E-state index contributed by atoms with van der Waals surface area (Å²) in [6.45, 7) is 2.94. The normalized spacial score (nSPS) is 16.8. The van der Waals surface area contributed by atoms with Crippen molar-refractivity contribution in [2.45, 2.75) is 25.1 Å². The van der Waals surface area contributed by atoms with E-state index in [1.54, 1.807) is 4.90 Å². The second-order valence-electron chi connectivity index (χ2n) is 13.1. The van der Waals surface area contributed by atoms with E-state index in [0.717, 1.165) is 36.5 Å². The van der Waals surface area contributed by atoms with Gasteiger partial charge in [0.1, 0.15) is 0 Å². The number of nitrogens with one attached hydrogen (secondary N) is 1. The molecule has 4 aromatic rings. The number of benzene rings is 1. The van der Waals surface area contributed by atoms with Crippen molar-refractivity contribution in [1.82, 2.24) is 34.1 Å². The summed E-state index contributed by atoms with van der Waals surface area (Å²) >= 11 is 6.49. The van der Waals surface area contributed by atoms with E-state index in [1.807, 2.05) is 4.90 Å². The molecule has 0 unspecified atom stereocenters. The number of halogens is 4. The number of piperazine rings is 1. The lowest BCUT2D eigenvalue weighted by Crippen LogP contribution is -2.58. The molecule has 1 atom stereocenters. The lowest BCUT2D eigenvalue weighted by atomic mass is 10.1. The van der Waals surface area contributed by atoms with Gasteiger partial charge in [-0.05, 0) is 30.3 Å². The number of carbonyl (C=O) groups excluding carboxylic acids is 4. The fourth-order valence-corrected chi connectivity index (χ4v) is 6.64. The molecule has 0 aliphatic carbocycles. The van der Waals surface area contributed by atoms with E-state index >= 15 is 0 Å². The number of hydrogen-bond donors (Lipinski definition) is 2. The Labute approximate surface area is 307 Å². The number of carbonyl (C=O) groups is 4. The zero-order valence-corrected chi connectivity index (χ0v) is 30.2. The number of imidazole rings is 1. The van der Waals surface area contributed by atoms with E-state index in [4.69, 9.17) is 22.1 Å². The molecule has 53 heavy (non-hydrogen) atoms. The molecule has 19 heteroatoms. The number of nitrogen functional groups attached to an aromatic ring is 1. The van der Waals surface area contributed by atoms with Gasteiger partial charge in [0.2, 0.25) is 0 Å². The number of alkyl halides is 3. The Morgan fingerprint density at radius 3 is 2.30 bits per heavy atom. The first kappa shape index (κ1) is 38.7. The monoisotopic (exact) mass is 759 g/mol. The molecule has 15 nitrogen and oxygen atoms in total. The number of rotatable bonds is 7. The molecule has 282 valence electrons. The second-order valence-corrected chi connectivity index (χ2v) is 13.5. The van der Waals surface area contributed by atoms with Crippen molar-refractivity contribution in [1.29, 1.82) is 0 Å². The van der Waals surface area contributed by atoms with Crippen LogP contribution in [0.5, 0.6) is 0 Å². The molecule has 2 aliphatic heterocycles. The minimum atomic E-state index is -4.81. The molecule has 3 amide bonds. The Morgan fingerprint density at radius 2 is 1.74 bits per heavy atom. The van der Waals surface area contributed by atoms with Gasteiger partial charge in [-0.15, -0.1) is 0 Å². The predicted molar refractivity (Wildman–Crippen MR) is 188 cm³/mol. The van der Waals surface area contributed by atoms with Gasteiger partial charge in [0.25, 0.3) is 24.2 Å². The third-order valence-electron chi connectivity index (χ3n) is 9.23. The van der Waals surface area contributed by atoms with Crippen LogP contribution in [0.25, 0.3) is 17.1 Å². The Hall–Kier alpha value is -5.49. The van der Waals surface area contributed by atoms with Gasteiger partial charge in [-0.3, -0.25) is 19.2 Å². The van der Waals surface area contributed by atoms with Crippen LogP contribution >= 0.6 is 11.6 Å². The summed E-state index contributed by atoms with van der Waals surface area (Å²) in [5, 5.41) is 6.45. The number of anilines is 2. The van der Waals surface area contributed by atoms with Crippen molar-refractivity contribution in [3.63, 3.8) is 0 Å². The second kappa shape index (κ2) is 15.6. The third kappa shape index (κ3) is 8.44. The van der Waals surface area contributed by atoms with Crippen LogP contribution in [-0.2, 0) is 27.5 Å². The number of nitrogens with zero attached hydrogens (tertiary/aromatic N) is 8. The smallest absolute Gasteiger partial charge is 0.435 e. The SMILES string of the molecule is COC=O.Cn1c(-c2cn(-c3ccc(N)cn3)nc2C(F)(F)F)cnc1C(=O)Nc1ccc(C(=O)N2CCN(C(=O)[C@@H]3CCC[N+]3(C)C)CC2)c(Cl)c1. The van der Waals surface area contributed by atoms with Gasteiger partial charge >= 0.3 is 6.18 Å². The summed E-state index contributed by atoms with van der Waals surface area (Å²) in [6.07, 6.45) is 0.666. The molecule has 2 saturated heterocycles. The van der Waals surface area contributed by atoms with E-state index in [2.05, 4.69) is 39.2 Å². The molecule has 0 bridgehead atoms. The van der Waals surface area contributed by atoms with Gasteiger partial charge in [0, 0.05) is 58.0 Å². The number of quaternary nitrogens is 1. The average Bonchev–Trinajstić information content (AvgIpc) is 3.84. The van der Waals surface area contributed by atoms with Crippen molar-refractivity contribution in [2.24, 2.45) is 7.05 Å². The maximum absolute atomic E-state index is 14.0. The van der Waals surface area contributed by atoms with E-state index in [0.29, 0.717) is 42.8 Å². The molecule has 3 N–H and O–H groups in total. The number of amides is 3. The quantitative estimate of drug-likeness (QED) is 0.212. The summed E-state index contributed by atoms with van der Waals surface area (Å²) in [6, 6.07) is 7.27. The molecular weight excluding hydrogens is 721 g/mol. The van der Waals surface area contributed by atoms with Gasteiger partial charge in [0.05, 0.1) is 67.7 Å². The fourth-order valence-electron chi connectivity index (χ4n) is 6.38. The number of nitrogens with two attached hydrogens (primary N) is 1. The van der Waals surface area contributed by atoms with Gasteiger partial charge < -0.3 is 34.6 Å². The van der Waals surface area contributed by atoms with E-state index < -0.39 is 17.8 Å². The summed E-state index contributed by atoms with van der Waals surface area (Å²) in [5.41, 5.74) is 4.97. The summed E-state index contributed by atoms with van der Waals surface area (Å²) < 4.78 is 48.8. The van der Waals surface area contributed by atoms with Crippen molar-refractivity contribution in [2.75, 3.05) is 65.0 Å². The van der Waals surface area contributed by atoms with Crippen LogP contribution in [-0.4, -0.2) is 123 Å². The minimum absolute atomic E-state index is 0.00837. The highest BCUT2D eigenvalue weighted by atomic mass is 35.5. The van der Waals surface area contributed by atoms with E-state index in [-0.39, 0.29) is 57.0 Å². The molecule has 0 spiro atoms. The molecule has 3 aromatic heterocycles. The molecule has 2 aliphatic rings. The molecule has 6 rings (SSSR count). The van der Waals surface area contributed by atoms with Crippen LogP contribution in [0.1, 0.15) is 39.5 Å². The highest BCUT2D eigenvalue weighted by molar-refractivity contribution is 6.34.